The Morgan fingerprint density at radius 2 is 2.06 bits per heavy atom. The molecule has 1 aliphatic carbocycles. The van der Waals surface area contributed by atoms with Crippen LogP contribution < -0.4 is 0 Å². The van der Waals surface area contributed by atoms with Crippen molar-refractivity contribution in [2.75, 3.05) is 13.7 Å². The highest BCUT2D eigenvalue weighted by Crippen LogP contribution is 2.47. The number of pyridine rings is 1. The molecule has 2 aromatic rings. The first-order chi connectivity index (χ1) is 8.88. The van der Waals surface area contributed by atoms with Gasteiger partial charge in [-0.15, -0.1) is 0 Å². The molecule has 2 heteroatoms. The first-order valence-electron chi connectivity index (χ1n) is 6.39. The molecule has 2 unspecified atom stereocenters. The van der Waals surface area contributed by atoms with Gasteiger partial charge in [-0.3, -0.25) is 4.98 Å². The van der Waals surface area contributed by atoms with Crippen LogP contribution in [0, 0.1) is 5.92 Å². The number of benzene rings is 1. The van der Waals surface area contributed by atoms with Crippen molar-refractivity contribution >= 4 is 0 Å². The molecule has 0 spiro atoms. The van der Waals surface area contributed by atoms with E-state index in [9.17, 15) is 0 Å². The van der Waals surface area contributed by atoms with Crippen molar-refractivity contribution in [2.24, 2.45) is 5.92 Å². The summed E-state index contributed by atoms with van der Waals surface area (Å²) < 4.78 is 5.22. The van der Waals surface area contributed by atoms with Crippen LogP contribution in [-0.2, 0) is 4.74 Å². The van der Waals surface area contributed by atoms with Crippen LogP contribution >= 0.6 is 0 Å². The van der Waals surface area contributed by atoms with Gasteiger partial charge in [0.25, 0.3) is 0 Å². The predicted octanol–water partition coefficient (Wildman–Crippen LogP) is 3.50. The van der Waals surface area contributed by atoms with Crippen LogP contribution in [0.25, 0.3) is 11.3 Å². The van der Waals surface area contributed by atoms with Crippen LogP contribution in [-0.4, -0.2) is 18.7 Å². The molecule has 0 bridgehead atoms. The quantitative estimate of drug-likeness (QED) is 0.814. The molecule has 18 heavy (non-hydrogen) atoms. The third-order valence-electron chi connectivity index (χ3n) is 3.59. The van der Waals surface area contributed by atoms with Gasteiger partial charge in [-0.2, -0.15) is 0 Å². The van der Waals surface area contributed by atoms with Crippen molar-refractivity contribution in [2.45, 2.75) is 12.3 Å². The van der Waals surface area contributed by atoms with E-state index < -0.39 is 0 Å². The van der Waals surface area contributed by atoms with Gasteiger partial charge >= 0.3 is 0 Å². The van der Waals surface area contributed by atoms with E-state index in [2.05, 4.69) is 41.4 Å². The monoisotopic (exact) mass is 239 g/mol. The van der Waals surface area contributed by atoms with Gasteiger partial charge in [0.05, 0.1) is 5.69 Å². The number of nitrogens with zero attached hydrogens (tertiary/aromatic N) is 1. The van der Waals surface area contributed by atoms with Gasteiger partial charge in [0.2, 0.25) is 0 Å². The molecule has 1 aliphatic rings. The van der Waals surface area contributed by atoms with Crippen molar-refractivity contribution in [1.29, 1.82) is 0 Å². The largest absolute Gasteiger partial charge is 0.384 e. The van der Waals surface area contributed by atoms with Crippen molar-refractivity contribution in [1.82, 2.24) is 4.98 Å². The molecule has 0 saturated heterocycles. The molecule has 0 amide bonds. The van der Waals surface area contributed by atoms with E-state index in [0.29, 0.717) is 11.8 Å². The van der Waals surface area contributed by atoms with Crippen molar-refractivity contribution in [3.8, 4) is 11.3 Å². The lowest BCUT2D eigenvalue weighted by Gasteiger charge is -2.04. The Kier molecular flexibility index (Phi) is 3.11. The normalized spacial score (nSPS) is 21.8. The van der Waals surface area contributed by atoms with E-state index in [-0.39, 0.29) is 0 Å². The topological polar surface area (TPSA) is 22.1 Å². The molecule has 2 atom stereocenters. The molecular weight excluding hydrogens is 222 g/mol. The summed E-state index contributed by atoms with van der Waals surface area (Å²) in [5.74, 6) is 1.36. The van der Waals surface area contributed by atoms with E-state index in [4.69, 9.17) is 4.74 Å². The van der Waals surface area contributed by atoms with Gasteiger partial charge < -0.3 is 4.74 Å². The molecule has 1 heterocycles. The summed E-state index contributed by atoms with van der Waals surface area (Å²) in [6.45, 7) is 0.869. The molecule has 0 N–H and O–H groups in total. The Hall–Kier alpha value is -1.67. The van der Waals surface area contributed by atoms with Crippen LogP contribution in [0.4, 0.5) is 0 Å². The minimum atomic E-state index is 0.662. The summed E-state index contributed by atoms with van der Waals surface area (Å²) in [6, 6.07) is 14.7. The van der Waals surface area contributed by atoms with Gasteiger partial charge in [0.15, 0.2) is 0 Å². The number of methoxy groups -OCH3 is 1. The van der Waals surface area contributed by atoms with E-state index in [1.165, 1.54) is 17.5 Å². The van der Waals surface area contributed by atoms with Crippen LogP contribution in [0.2, 0.25) is 0 Å². The molecule has 92 valence electrons. The fraction of sp³-hybridized carbons (Fsp3) is 0.312. The van der Waals surface area contributed by atoms with Crippen LogP contribution in [0.1, 0.15) is 17.9 Å². The summed E-state index contributed by atoms with van der Waals surface area (Å²) in [5.41, 5.74) is 3.64. The Balaban J connectivity index is 1.83. The zero-order valence-corrected chi connectivity index (χ0v) is 10.5. The smallest absolute Gasteiger partial charge is 0.0704 e. The average Bonchev–Trinajstić information content (AvgIpc) is 3.20. The van der Waals surface area contributed by atoms with Crippen LogP contribution in [0.3, 0.4) is 0 Å². The maximum absolute atomic E-state index is 5.22. The van der Waals surface area contributed by atoms with E-state index >= 15 is 0 Å². The molecular formula is C16H17NO. The first-order valence-corrected chi connectivity index (χ1v) is 6.39. The van der Waals surface area contributed by atoms with Crippen LogP contribution in [0.5, 0.6) is 0 Å². The SMILES string of the molecule is COCC1CC1c1ccnc(-c2ccccc2)c1. The molecule has 0 radical (unpaired) electrons. The van der Waals surface area contributed by atoms with Gasteiger partial charge in [-0.05, 0) is 36.0 Å². The molecule has 0 aliphatic heterocycles. The standard InChI is InChI=1S/C16H17NO/c1-18-11-14-9-15(14)13-7-8-17-16(10-13)12-5-3-2-4-6-12/h2-8,10,14-15H,9,11H2,1H3. The van der Waals surface area contributed by atoms with E-state index in [1.54, 1.807) is 7.11 Å². The van der Waals surface area contributed by atoms with Gasteiger partial charge in [-0.25, -0.2) is 0 Å². The Morgan fingerprint density at radius 1 is 1.22 bits per heavy atom. The van der Waals surface area contributed by atoms with E-state index in [1.807, 2.05) is 12.3 Å². The number of aromatic nitrogens is 1. The lowest BCUT2D eigenvalue weighted by molar-refractivity contribution is 0.184. The van der Waals surface area contributed by atoms with Crippen molar-refractivity contribution in [3.05, 3.63) is 54.2 Å². The second-order valence-electron chi connectivity index (χ2n) is 4.90. The van der Waals surface area contributed by atoms with Gasteiger partial charge in [-0.1, -0.05) is 30.3 Å². The van der Waals surface area contributed by atoms with Crippen LogP contribution in [0.15, 0.2) is 48.7 Å². The molecule has 2 nitrogen and oxygen atoms in total. The lowest BCUT2D eigenvalue weighted by Crippen LogP contribution is -1.93. The molecule has 1 aromatic carbocycles. The fourth-order valence-electron chi connectivity index (χ4n) is 2.50. The maximum atomic E-state index is 5.22. The third-order valence-corrected chi connectivity index (χ3v) is 3.59. The number of hydrogen-bond acceptors (Lipinski definition) is 2. The summed E-state index contributed by atoms with van der Waals surface area (Å²) in [4.78, 5) is 4.46. The summed E-state index contributed by atoms with van der Waals surface area (Å²) in [7, 11) is 1.78. The van der Waals surface area contributed by atoms with Crippen molar-refractivity contribution in [3.63, 3.8) is 0 Å². The molecule has 1 aromatic heterocycles. The molecule has 1 saturated carbocycles. The maximum Gasteiger partial charge on any atom is 0.0704 e. The fourth-order valence-corrected chi connectivity index (χ4v) is 2.50. The van der Waals surface area contributed by atoms with Crippen molar-refractivity contribution < 1.29 is 4.74 Å². The summed E-state index contributed by atoms with van der Waals surface area (Å²) in [6.07, 6.45) is 3.16. The highest BCUT2D eigenvalue weighted by molar-refractivity contribution is 5.59. The summed E-state index contributed by atoms with van der Waals surface area (Å²) in [5, 5.41) is 0. The third kappa shape index (κ3) is 2.29. The molecule has 1 fully saturated rings. The zero-order chi connectivity index (χ0) is 12.4. The Labute approximate surface area is 108 Å². The predicted molar refractivity (Wildman–Crippen MR) is 72.4 cm³/mol. The number of ether oxygens (including phenoxy) is 1. The van der Waals surface area contributed by atoms with Gasteiger partial charge in [0.1, 0.15) is 0 Å². The number of rotatable bonds is 4. The number of hydrogen-bond donors (Lipinski definition) is 0. The average molecular weight is 239 g/mol. The highest BCUT2D eigenvalue weighted by atomic mass is 16.5. The second kappa shape index (κ2) is 4.91. The van der Waals surface area contributed by atoms with E-state index in [0.717, 1.165) is 12.3 Å². The van der Waals surface area contributed by atoms with Gasteiger partial charge in [0, 0.05) is 25.5 Å². The Morgan fingerprint density at radius 3 is 2.83 bits per heavy atom. The second-order valence-corrected chi connectivity index (χ2v) is 4.90. The summed E-state index contributed by atoms with van der Waals surface area (Å²) >= 11 is 0. The first kappa shape index (κ1) is 11.4. The minimum absolute atomic E-state index is 0.662. The lowest BCUT2D eigenvalue weighted by atomic mass is 10.1. The minimum Gasteiger partial charge on any atom is -0.384 e. The highest BCUT2D eigenvalue weighted by Gasteiger charge is 2.38. The Bertz CT molecular complexity index is 524. The zero-order valence-electron chi connectivity index (χ0n) is 10.5. The molecule has 3 rings (SSSR count).